The Morgan fingerprint density at radius 3 is 2.43 bits per heavy atom. The maximum atomic E-state index is 12.8. The molecule has 5 nitrogen and oxygen atoms in total. The van der Waals surface area contributed by atoms with Crippen molar-refractivity contribution in [1.82, 2.24) is 14.9 Å². The van der Waals surface area contributed by atoms with E-state index in [0.717, 1.165) is 15.9 Å². The smallest absolute Gasteiger partial charge is 0.299 e. The summed E-state index contributed by atoms with van der Waals surface area (Å²) in [6.07, 6.45) is 0.526. The summed E-state index contributed by atoms with van der Waals surface area (Å²) in [4.78, 5) is 1.97. The predicted octanol–water partition coefficient (Wildman–Crippen LogP) is 2.89. The summed E-state index contributed by atoms with van der Waals surface area (Å²) in [5, 5.41) is 11.5. The highest BCUT2D eigenvalue weighted by Crippen LogP contribution is 2.21. The summed E-state index contributed by atoms with van der Waals surface area (Å²) < 4.78 is 26.7. The Hall–Kier alpha value is -1.96. The van der Waals surface area contributed by atoms with E-state index in [1.807, 2.05) is 43.3 Å². The van der Waals surface area contributed by atoms with Crippen molar-refractivity contribution >= 4 is 23.7 Å². The molecule has 1 aromatic heterocycles. The van der Waals surface area contributed by atoms with Gasteiger partial charge in [-0.25, -0.2) is 8.78 Å². The maximum absolute atomic E-state index is 12.8. The SMILES string of the molecule is CSc1nnc(C(F)F)n1/N=C/c1ccc(N(C)C)cc1. The van der Waals surface area contributed by atoms with Crippen molar-refractivity contribution < 1.29 is 8.78 Å². The predicted molar refractivity (Wildman–Crippen MR) is 80.5 cm³/mol. The monoisotopic (exact) mass is 311 g/mol. The normalized spacial score (nSPS) is 11.5. The highest BCUT2D eigenvalue weighted by Gasteiger charge is 2.19. The van der Waals surface area contributed by atoms with Crippen molar-refractivity contribution in [1.29, 1.82) is 0 Å². The Morgan fingerprint density at radius 2 is 1.90 bits per heavy atom. The third-order valence-corrected chi connectivity index (χ3v) is 3.37. The van der Waals surface area contributed by atoms with E-state index >= 15 is 0 Å². The van der Waals surface area contributed by atoms with E-state index in [1.165, 1.54) is 18.0 Å². The molecule has 0 atom stereocenters. The first kappa shape index (κ1) is 15.4. The van der Waals surface area contributed by atoms with Gasteiger partial charge in [0.2, 0.25) is 11.0 Å². The van der Waals surface area contributed by atoms with Crippen molar-refractivity contribution in [2.45, 2.75) is 11.6 Å². The van der Waals surface area contributed by atoms with E-state index in [0.29, 0.717) is 5.16 Å². The first-order valence-corrected chi connectivity index (χ1v) is 7.34. The molecule has 1 aromatic carbocycles. The molecule has 0 saturated carbocycles. The van der Waals surface area contributed by atoms with E-state index < -0.39 is 12.2 Å². The summed E-state index contributed by atoms with van der Waals surface area (Å²) >= 11 is 1.21. The Kier molecular flexibility index (Phi) is 4.89. The first-order chi connectivity index (χ1) is 10.0. The molecule has 0 aliphatic rings. The second kappa shape index (κ2) is 6.66. The van der Waals surface area contributed by atoms with E-state index in [1.54, 1.807) is 6.26 Å². The molecule has 112 valence electrons. The molecule has 2 rings (SSSR count). The number of aromatic nitrogens is 3. The Morgan fingerprint density at radius 1 is 1.24 bits per heavy atom. The van der Waals surface area contributed by atoms with Crippen LogP contribution in [0.4, 0.5) is 14.5 Å². The zero-order valence-corrected chi connectivity index (χ0v) is 12.7. The van der Waals surface area contributed by atoms with E-state index in [2.05, 4.69) is 15.3 Å². The molecule has 0 aliphatic heterocycles. The topological polar surface area (TPSA) is 46.3 Å². The van der Waals surface area contributed by atoms with Gasteiger partial charge in [0.25, 0.3) is 6.43 Å². The highest BCUT2D eigenvalue weighted by molar-refractivity contribution is 7.98. The zero-order chi connectivity index (χ0) is 15.4. The van der Waals surface area contributed by atoms with Gasteiger partial charge < -0.3 is 4.90 Å². The molecule has 1 heterocycles. The van der Waals surface area contributed by atoms with Crippen molar-refractivity contribution in [3.63, 3.8) is 0 Å². The summed E-state index contributed by atoms with van der Waals surface area (Å²) in [5.74, 6) is -0.458. The molecule has 2 aromatic rings. The number of nitrogens with zero attached hydrogens (tertiary/aromatic N) is 5. The summed E-state index contributed by atoms with van der Waals surface area (Å²) in [6, 6.07) is 7.59. The Bertz CT molecular complexity index is 622. The minimum Gasteiger partial charge on any atom is -0.378 e. The van der Waals surface area contributed by atoms with Crippen LogP contribution in [0.5, 0.6) is 0 Å². The number of hydrogen-bond donors (Lipinski definition) is 0. The maximum Gasteiger partial charge on any atom is 0.299 e. The standard InChI is InChI=1S/C13H15F2N5S/c1-19(2)10-6-4-9(5-7-10)8-16-20-12(11(14)15)17-18-13(20)21-3/h4-8,11H,1-3H3/b16-8+. The molecule has 8 heteroatoms. The lowest BCUT2D eigenvalue weighted by Gasteiger charge is -2.11. The molecule has 0 saturated heterocycles. The summed E-state index contributed by atoms with van der Waals surface area (Å²) in [6.45, 7) is 0. The van der Waals surface area contributed by atoms with Crippen molar-refractivity contribution in [2.24, 2.45) is 5.10 Å². The second-order valence-electron chi connectivity index (χ2n) is 4.39. The van der Waals surface area contributed by atoms with Crippen LogP contribution in [0, 0.1) is 0 Å². The molecule has 0 radical (unpaired) electrons. The Balaban J connectivity index is 2.26. The third kappa shape index (κ3) is 3.57. The third-order valence-electron chi connectivity index (χ3n) is 2.75. The molecule has 0 spiro atoms. The van der Waals surface area contributed by atoms with Crippen LogP contribution < -0.4 is 4.90 Å². The van der Waals surface area contributed by atoms with Gasteiger partial charge in [0.05, 0.1) is 6.21 Å². The van der Waals surface area contributed by atoms with Gasteiger partial charge in [-0.1, -0.05) is 23.9 Å². The fourth-order valence-electron chi connectivity index (χ4n) is 1.63. The number of halogens is 2. The average molecular weight is 311 g/mol. The average Bonchev–Trinajstić information content (AvgIpc) is 2.88. The summed E-state index contributed by atoms with van der Waals surface area (Å²) in [5.41, 5.74) is 1.86. The van der Waals surface area contributed by atoms with Gasteiger partial charge in [-0.15, -0.1) is 10.2 Å². The largest absolute Gasteiger partial charge is 0.378 e. The molecule has 0 fully saturated rings. The first-order valence-electron chi connectivity index (χ1n) is 6.12. The Labute approximate surface area is 125 Å². The molecule has 0 aliphatic carbocycles. The van der Waals surface area contributed by atoms with Gasteiger partial charge in [-0.3, -0.25) is 0 Å². The van der Waals surface area contributed by atoms with Crippen LogP contribution in [-0.2, 0) is 0 Å². The fourth-order valence-corrected chi connectivity index (χ4v) is 2.07. The van der Waals surface area contributed by atoms with Crippen LogP contribution in [0.3, 0.4) is 0 Å². The lowest BCUT2D eigenvalue weighted by molar-refractivity contribution is 0.135. The minimum atomic E-state index is -2.72. The molecular formula is C13H15F2N5S. The number of alkyl halides is 2. The van der Waals surface area contributed by atoms with Gasteiger partial charge in [0.1, 0.15) is 0 Å². The molecule has 0 N–H and O–H groups in total. The fraction of sp³-hybridized carbons (Fsp3) is 0.308. The van der Waals surface area contributed by atoms with Gasteiger partial charge in [-0.05, 0) is 24.0 Å². The second-order valence-corrected chi connectivity index (χ2v) is 5.16. The molecule has 0 unspecified atom stereocenters. The van der Waals surface area contributed by atoms with Crippen LogP contribution in [0.15, 0.2) is 34.5 Å². The quantitative estimate of drug-likeness (QED) is 0.629. The number of anilines is 1. The minimum absolute atomic E-state index is 0.325. The van der Waals surface area contributed by atoms with Crippen molar-refractivity contribution in [3.05, 3.63) is 35.7 Å². The van der Waals surface area contributed by atoms with E-state index in [4.69, 9.17) is 0 Å². The van der Waals surface area contributed by atoms with Gasteiger partial charge >= 0.3 is 0 Å². The number of benzene rings is 1. The summed E-state index contributed by atoms with van der Waals surface area (Å²) in [7, 11) is 3.89. The van der Waals surface area contributed by atoms with Gasteiger partial charge in [0, 0.05) is 19.8 Å². The molecule has 0 amide bonds. The molecular weight excluding hydrogens is 296 g/mol. The van der Waals surface area contributed by atoms with Crippen LogP contribution in [0.25, 0.3) is 0 Å². The number of thioether (sulfide) groups is 1. The van der Waals surface area contributed by atoms with Crippen molar-refractivity contribution in [2.75, 3.05) is 25.3 Å². The van der Waals surface area contributed by atoms with Gasteiger partial charge in [-0.2, -0.15) is 9.78 Å². The van der Waals surface area contributed by atoms with Crippen LogP contribution in [-0.4, -0.2) is 41.4 Å². The zero-order valence-electron chi connectivity index (χ0n) is 11.9. The lowest BCUT2D eigenvalue weighted by Crippen LogP contribution is -2.08. The van der Waals surface area contributed by atoms with Crippen LogP contribution in [0.2, 0.25) is 0 Å². The van der Waals surface area contributed by atoms with Gasteiger partial charge in [0.15, 0.2) is 0 Å². The number of hydrogen-bond acceptors (Lipinski definition) is 5. The molecule has 0 bridgehead atoms. The van der Waals surface area contributed by atoms with Crippen molar-refractivity contribution in [3.8, 4) is 0 Å². The molecule has 21 heavy (non-hydrogen) atoms. The van der Waals surface area contributed by atoms with Crippen LogP contribution in [0.1, 0.15) is 17.8 Å². The van der Waals surface area contributed by atoms with E-state index in [-0.39, 0.29) is 0 Å². The van der Waals surface area contributed by atoms with Crippen LogP contribution >= 0.6 is 11.8 Å². The highest BCUT2D eigenvalue weighted by atomic mass is 32.2. The lowest BCUT2D eigenvalue weighted by atomic mass is 10.2. The number of rotatable bonds is 5. The van der Waals surface area contributed by atoms with E-state index in [9.17, 15) is 8.78 Å².